The van der Waals surface area contributed by atoms with Gasteiger partial charge >= 0.3 is 11.9 Å². The number of nitrogens with one attached hydrogen (secondary N) is 1. The van der Waals surface area contributed by atoms with Crippen molar-refractivity contribution in [3.05, 3.63) is 69.9 Å². The van der Waals surface area contributed by atoms with E-state index < -0.39 is 29.3 Å². The lowest BCUT2D eigenvalue weighted by Crippen LogP contribution is -2.59. The Morgan fingerprint density at radius 3 is 2.54 bits per heavy atom. The molecule has 1 aromatic heterocycles. The third-order valence-electron chi connectivity index (χ3n) is 4.74. The van der Waals surface area contributed by atoms with Crippen LogP contribution in [0.3, 0.4) is 0 Å². The molecule has 2 aromatic rings. The van der Waals surface area contributed by atoms with Gasteiger partial charge in [-0.05, 0) is 36.9 Å². The maximum absolute atomic E-state index is 13.0. The van der Waals surface area contributed by atoms with Crippen LogP contribution < -0.4 is 5.32 Å². The molecule has 0 radical (unpaired) electrons. The smallest absolute Gasteiger partial charge is 0.337 e. The van der Waals surface area contributed by atoms with Gasteiger partial charge in [0, 0.05) is 16.4 Å². The van der Waals surface area contributed by atoms with E-state index in [0.29, 0.717) is 12.0 Å². The summed E-state index contributed by atoms with van der Waals surface area (Å²) in [5, 5.41) is 4.70. The van der Waals surface area contributed by atoms with Gasteiger partial charge in [-0.3, -0.25) is 4.79 Å². The summed E-state index contributed by atoms with van der Waals surface area (Å²) >= 11 is 1.46. The first kappa shape index (κ1) is 19.8. The topological polar surface area (TPSA) is 81.7 Å². The summed E-state index contributed by atoms with van der Waals surface area (Å²) in [6.45, 7) is 1.84. The molecule has 0 unspecified atom stereocenters. The highest BCUT2D eigenvalue weighted by molar-refractivity contribution is 7.10. The van der Waals surface area contributed by atoms with Gasteiger partial charge in [0.25, 0.3) is 5.91 Å². The molecule has 1 N–H and O–H groups in total. The zero-order valence-electron chi connectivity index (χ0n) is 15.6. The highest BCUT2D eigenvalue weighted by Gasteiger charge is 2.57. The maximum Gasteiger partial charge on any atom is 0.337 e. The molecule has 7 heteroatoms. The van der Waals surface area contributed by atoms with Crippen LogP contribution in [0.25, 0.3) is 0 Å². The van der Waals surface area contributed by atoms with Gasteiger partial charge in [-0.1, -0.05) is 30.3 Å². The summed E-state index contributed by atoms with van der Waals surface area (Å²) in [5.74, 6) is -2.27. The van der Waals surface area contributed by atoms with Crippen molar-refractivity contribution in [1.82, 2.24) is 5.32 Å². The lowest BCUT2D eigenvalue weighted by atomic mass is 9.80. The number of carbonyl (C=O) groups excluding carboxylic acids is 3. The predicted molar refractivity (Wildman–Crippen MR) is 105 cm³/mol. The Balaban J connectivity index is 2.10. The summed E-state index contributed by atoms with van der Waals surface area (Å²) in [6, 6.07) is 12.3. The van der Waals surface area contributed by atoms with Crippen LogP contribution in [0.5, 0.6) is 0 Å². The van der Waals surface area contributed by atoms with Crippen molar-refractivity contribution in [3.8, 4) is 0 Å². The van der Waals surface area contributed by atoms with E-state index in [2.05, 4.69) is 5.32 Å². The van der Waals surface area contributed by atoms with Crippen LogP contribution in [0.15, 0.2) is 59.5 Å². The van der Waals surface area contributed by atoms with E-state index in [4.69, 9.17) is 9.47 Å². The lowest BCUT2D eigenvalue weighted by Gasteiger charge is -2.35. The molecule has 1 aliphatic carbocycles. The van der Waals surface area contributed by atoms with Crippen LogP contribution in [0, 0.1) is 0 Å². The molecule has 0 spiro atoms. The number of thiophene rings is 1. The van der Waals surface area contributed by atoms with E-state index in [1.54, 1.807) is 43.3 Å². The van der Waals surface area contributed by atoms with E-state index >= 15 is 0 Å². The fourth-order valence-corrected chi connectivity index (χ4v) is 4.40. The van der Waals surface area contributed by atoms with E-state index in [1.807, 2.05) is 17.5 Å². The Bertz CT molecular complexity index is 891. The van der Waals surface area contributed by atoms with E-state index in [9.17, 15) is 14.4 Å². The summed E-state index contributed by atoms with van der Waals surface area (Å²) in [4.78, 5) is 39.6. The molecule has 146 valence electrons. The van der Waals surface area contributed by atoms with Gasteiger partial charge in [-0.15, -0.1) is 11.3 Å². The Kier molecular flexibility index (Phi) is 5.94. The first-order chi connectivity index (χ1) is 13.5. The second kappa shape index (κ2) is 8.39. The van der Waals surface area contributed by atoms with Crippen LogP contribution in [0.1, 0.15) is 34.5 Å². The number of esters is 2. The van der Waals surface area contributed by atoms with Crippen molar-refractivity contribution in [3.63, 3.8) is 0 Å². The largest absolute Gasteiger partial charge is 0.467 e. The molecule has 0 fully saturated rings. The average molecular weight is 399 g/mol. The van der Waals surface area contributed by atoms with Crippen molar-refractivity contribution >= 4 is 29.2 Å². The number of methoxy groups -OCH3 is 1. The van der Waals surface area contributed by atoms with Crippen molar-refractivity contribution in [2.24, 2.45) is 0 Å². The van der Waals surface area contributed by atoms with Gasteiger partial charge in [0.05, 0.1) is 19.3 Å². The SMILES string of the molecule is CCOC(=O)C1=CC[C@H](c2cccs2)[C@@]1(NC(=O)c1ccccc1)C(=O)OC. The molecule has 28 heavy (non-hydrogen) atoms. The van der Waals surface area contributed by atoms with E-state index in [0.717, 1.165) is 4.88 Å². The van der Waals surface area contributed by atoms with Gasteiger partial charge in [0.15, 0.2) is 5.54 Å². The highest BCUT2D eigenvalue weighted by Crippen LogP contribution is 2.46. The molecule has 1 aromatic carbocycles. The molecule has 0 aliphatic heterocycles. The fourth-order valence-electron chi connectivity index (χ4n) is 3.49. The van der Waals surface area contributed by atoms with Gasteiger partial charge in [0.1, 0.15) is 0 Å². The van der Waals surface area contributed by atoms with Gasteiger partial charge < -0.3 is 14.8 Å². The maximum atomic E-state index is 13.0. The Morgan fingerprint density at radius 1 is 1.18 bits per heavy atom. The molecule has 2 atom stereocenters. The summed E-state index contributed by atoms with van der Waals surface area (Å²) in [6.07, 6.45) is 2.06. The average Bonchev–Trinajstić information content (AvgIpc) is 3.36. The molecule has 0 saturated carbocycles. The van der Waals surface area contributed by atoms with E-state index in [1.165, 1.54) is 18.4 Å². The number of carbonyl (C=O) groups is 3. The van der Waals surface area contributed by atoms with Crippen LogP contribution >= 0.6 is 11.3 Å². The fraction of sp³-hybridized carbons (Fsp3) is 0.286. The summed E-state index contributed by atoms with van der Waals surface area (Å²) in [5.41, 5.74) is -1.17. The van der Waals surface area contributed by atoms with Crippen LogP contribution in [0.4, 0.5) is 0 Å². The van der Waals surface area contributed by atoms with Crippen molar-refractivity contribution in [2.75, 3.05) is 13.7 Å². The number of hydrogen-bond donors (Lipinski definition) is 1. The summed E-state index contributed by atoms with van der Waals surface area (Å²) < 4.78 is 10.2. The van der Waals surface area contributed by atoms with E-state index in [-0.39, 0.29) is 12.2 Å². The minimum atomic E-state index is -1.65. The molecule has 1 amide bonds. The van der Waals surface area contributed by atoms with Crippen LogP contribution in [-0.2, 0) is 19.1 Å². The van der Waals surface area contributed by atoms with Crippen molar-refractivity contribution in [2.45, 2.75) is 24.8 Å². The van der Waals surface area contributed by atoms with Crippen molar-refractivity contribution < 1.29 is 23.9 Å². The molecular weight excluding hydrogens is 378 g/mol. The molecule has 0 bridgehead atoms. The zero-order valence-corrected chi connectivity index (χ0v) is 16.5. The monoisotopic (exact) mass is 399 g/mol. The number of amides is 1. The number of hydrogen-bond acceptors (Lipinski definition) is 6. The molecule has 6 nitrogen and oxygen atoms in total. The van der Waals surface area contributed by atoms with Crippen molar-refractivity contribution in [1.29, 1.82) is 0 Å². The quantitative estimate of drug-likeness (QED) is 0.755. The Morgan fingerprint density at radius 2 is 1.93 bits per heavy atom. The second-order valence-electron chi connectivity index (χ2n) is 6.26. The first-order valence-corrected chi connectivity index (χ1v) is 9.79. The third kappa shape index (κ3) is 3.45. The molecule has 0 saturated heterocycles. The molecule has 1 aliphatic rings. The standard InChI is InChI=1S/C21H21NO5S/c1-3-27-19(24)16-12-11-15(17-10-7-13-28-17)21(16,20(25)26-2)22-18(23)14-8-5-4-6-9-14/h4-10,12-13,15H,3,11H2,1-2H3,(H,22,23)/t15-,21+/m1/s1. The second-order valence-corrected chi connectivity index (χ2v) is 7.24. The number of benzene rings is 1. The lowest BCUT2D eigenvalue weighted by molar-refractivity contribution is -0.150. The summed E-state index contributed by atoms with van der Waals surface area (Å²) in [7, 11) is 1.24. The van der Waals surface area contributed by atoms with Gasteiger partial charge in [0.2, 0.25) is 0 Å². The molecule has 3 rings (SSSR count). The number of rotatable bonds is 6. The third-order valence-corrected chi connectivity index (χ3v) is 5.73. The molecule has 1 heterocycles. The van der Waals surface area contributed by atoms with Crippen LogP contribution in [0.2, 0.25) is 0 Å². The minimum Gasteiger partial charge on any atom is -0.467 e. The molecular formula is C21H21NO5S. The number of ether oxygens (including phenoxy) is 2. The Labute approximate surface area is 167 Å². The first-order valence-electron chi connectivity index (χ1n) is 8.91. The Hall–Kier alpha value is -2.93. The zero-order chi connectivity index (χ0) is 20.1. The van der Waals surface area contributed by atoms with Gasteiger partial charge in [-0.25, -0.2) is 9.59 Å². The predicted octanol–water partition coefficient (Wildman–Crippen LogP) is 3.07. The normalized spacial score (nSPS) is 20.9. The minimum absolute atomic E-state index is 0.101. The number of allylic oxidation sites excluding steroid dienone is 1. The highest BCUT2D eigenvalue weighted by atomic mass is 32.1. The van der Waals surface area contributed by atoms with Crippen LogP contribution in [-0.4, -0.2) is 37.1 Å². The van der Waals surface area contributed by atoms with Gasteiger partial charge in [-0.2, -0.15) is 0 Å².